The molecule has 0 radical (unpaired) electrons. The van der Waals surface area contributed by atoms with E-state index in [1.807, 2.05) is 5.38 Å². The van der Waals surface area contributed by atoms with Crippen molar-refractivity contribution in [2.45, 2.75) is 6.92 Å². The molecule has 2 aromatic rings. The van der Waals surface area contributed by atoms with Crippen LogP contribution >= 0.6 is 27.3 Å². The van der Waals surface area contributed by atoms with Gasteiger partial charge in [0.15, 0.2) is 3.92 Å². The Morgan fingerprint density at radius 1 is 1.50 bits per heavy atom. The van der Waals surface area contributed by atoms with Crippen LogP contribution in [0.5, 0.6) is 0 Å². The molecule has 0 aliphatic heterocycles. The largest absolute Gasteiger partial charge is 0.339 e. The van der Waals surface area contributed by atoms with Crippen LogP contribution in [0.25, 0.3) is 11.5 Å². The Hall–Kier alpha value is -0.750. The molecule has 0 amide bonds. The molecule has 2 rings (SSSR count). The molecule has 0 atom stereocenters. The van der Waals surface area contributed by atoms with Crippen molar-refractivity contribution in [1.29, 1.82) is 0 Å². The highest BCUT2D eigenvalue weighted by atomic mass is 79.9. The minimum Gasteiger partial charge on any atom is -0.339 e. The molecule has 0 saturated heterocycles. The van der Waals surface area contributed by atoms with Gasteiger partial charge in [0.2, 0.25) is 11.7 Å². The van der Waals surface area contributed by atoms with Gasteiger partial charge in [0.25, 0.3) is 0 Å². The van der Waals surface area contributed by atoms with Crippen molar-refractivity contribution < 1.29 is 4.52 Å². The summed E-state index contributed by atoms with van der Waals surface area (Å²) in [6.45, 7) is 1.75. The molecule has 2 aromatic heterocycles. The van der Waals surface area contributed by atoms with E-state index in [-0.39, 0.29) is 0 Å². The summed E-state index contributed by atoms with van der Waals surface area (Å²) in [5.74, 6) is 1.09. The molecule has 4 nitrogen and oxygen atoms in total. The fraction of sp³-hybridized carbons (Fsp3) is 0.167. The van der Waals surface area contributed by atoms with Crippen LogP contribution in [0.1, 0.15) is 5.89 Å². The smallest absolute Gasteiger partial charge is 0.223 e. The Bertz CT molecular complexity index is 359. The van der Waals surface area contributed by atoms with Gasteiger partial charge in [-0.3, -0.25) is 0 Å². The zero-order valence-electron chi connectivity index (χ0n) is 6.11. The SMILES string of the molecule is Cc1nc(-c2csc(Br)n2)no1. The first-order chi connectivity index (χ1) is 5.75. The number of hydrogen-bond donors (Lipinski definition) is 0. The average Bonchev–Trinajstić information content (AvgIpc) is 2.58. The number of aromatic nitrogens is 3. The van der Waals surface area contributed by atoms with E-state index in [2.05, 4.69) is 31.1 Å². The van der Waals surface area contributed by atoms with Crippen molar-refractivity contribution in [2.24, 2.45) is 0 Å². The molecule has 0 fully saturated rings. The van der Waals surface area contributed by atoms with Gasteiger partial charge in [-0.2, -0.15) is 4.98 Å². The molecule has 0 saturated carbocycles. The summed E-state index contributed by atoms with van der Waals surface area (Å²) in [6.07, 6.45) is 0. The summed E-state index contributed by atoms with van der Waals surface area (Å²) < 4.78 is 5.64. The number of halogens is 1. The lowest BCUT2D eigenvalue weighted by atomic mass is 10.5. The summed E-state index contributed by atoms with van der Waals surface area (Å²) in [7, 11) is 0. The van der Waals surface area contributed by atoms with E-state index in [9.17, 15) is 0 Å². The summed E-state index contributed by atoms with van der Waals surface area (Å²) in [6, 6.07) is 0. The number of thiazole rings is 1. The predicted octanol–water partition coefficient (Wildman–Crippen LogP) is 2.26. The van der Waals surface area contributed by atoms with E-state index < -0.39 is 0 Å². The number of nitrogens with zero attached hydrogens (tertiary/aromatic N) is 3. The van der Waals surface area contributed by atoms with Crippen molar-refractivity contribution >= 4 is 27.3 Å². The van der Waals surface area contributed by atoms with Crippen LogP contribution in [0, 0.1) is 6.92 Å². The Labute approximate surface area is 80.8 Å². The van der Waals surface area contributed by atoms with Gasteiger partial charge in [0.1, 0.15) is 5.69 Å². The molecular weight excluding hydrogens is 242 g/mol. The van der Waals surface area contributed by atoms with Crippen molar-refractivity contribution in [2.75, 3.05) is 0 Å². The first kappa shape index (κ1) is 7.88. The van der Waals surface area contributed by atoms with Crippen LogP contribution in [-0.2, 0) is 0 Å². The quantitative estimate of drug-likeness (QED) is 0.774. The summed E-state index contributed by atoms with van der Waals surface area (Å²) in [5.41, 5.74) is 0.740. The molecule has 2 heterocycles. The van der Waals surface area contributed by atoms with Crippen LogP contribution in [-0.4, -0.2) is 15.1 Å². The average molecular weight is 246 g/mol. The third-order valence-electron chi connectivity index (χ3n) is 1.23. The molecule has 62 valence electrons. The summed E-state index contributed by atoms with van der Waals surface area (Å²) in [4.78, 5) is 8.18. The summed E-state index contributed by atoms with van der Waals surface area (Å²) in [5, 5.41) is 5.61. The van der Waals surface area contributed by atoms with Crippen LogP contribution in [0.3, 0.4) is 0 Å². The lowest BCUT2D eigenvalue weighted by Crippen LogP contribution is -1.79. The Balaban J connectivity index is 2.43. The van der Waals surface area contributed by atoms with Crippen molar-refractivity contribution in [3.05, 3.63) is 15.2 Å². The maximum absolute atomic E-state index is 4.82. The Morgan fingerprint density at radius 3 is 2.83 bits per heavy atom. The molecule has 0 aliphatic rings. The van der Waals surface area contributed by atoms with Gasteiger partial charge in [-0.15, -0.1) is 11.3 Å². The second-order valence-electron chi connectivity index (χ2n) is 2.12. The maximum Gasteiger partial charge on any atom is 0.223 e. The van der Waals surface area contributed by atoms with E-state index in [1.54, 1.807) is 6.92 Å². The number of rotatable bonds is 1. The van der Waals surface area contributed by atoms with E-state index in [4.69, 9.17) is 4.52 Å². The molecule has 0 unspecified atom stereocenters. The highest BCUT2D eigenvalue weighted by Gasteiger charge is 2.08. The van der Waals surface area contributed by atoms with E-state index in [1.165, 1.54) is 11.3 Å². The van der Waals surface area contributed by atoms with Crippen molar-refractivity contribution in [3.8, 4) is 11.5 Å². The highest BCUT2D eigenvalue weighted by Crippen LogP contribution is 2.22. The van der Waals surface area contributed by atoms with Gasteiger partial charge in [-0.1, -0.05) is 5.16 Å². The first-order valence-corrected chi connectivity index (χ1v) is 4.84. The van der Waals surface area contributed by atoms with Gasteiger partial charge < -0.3 is 4.52 Å². The molecular formula is C6H4BrN3OS. The minimum atomic E-state index is 0.537. The van der Waals surface area contributed by atoms with Crippen LogP contribution in [0.2, 0.25) is 0 Å². The zero-order chi connectivity index (χ0) is 8.55. The standard InChI is InChI=1S/C6H4BrN3OS/c1-3-8-5(10-11-3)4-2-12-6(7)9-4/h2H,1H3. The zero-order valence-corrected chi connectivity index (χ0v) is 8.52. The van der Waals surface area contributed by atoms with Gasteiger partial charge >= 0.3 is 0 Å². The summed E-state index contributed by atoms with van der Waals surface area (Å²) >= 11 is 4.75. The van der Waals surface area contributed by atoms with Gasteiger partial charge in [0, 0.05) is 12.3 Å². The second-order valence-corrected chi connectivity index (χ2v) is 4.26. The second kappa shape index (κ2) is 2.95. The molecule has 0 aliphatic carbocycles. The Morgan fingerprint density at radius 2 is 2.33 bits per heavy atom. The third-order valence-corrected chi connectivity index (χ3v) is 2.60. The molecule has 6 heteroatoms. The fourth-order valence-electron chi connectivity index (χ4n) is 0.758. The van der Waals surface area contributed by atoms with Crippen LogP contribution in [0.4, 0.5) is 0 Å². The first-order valence-electron chi connectivity index (χ1n) is 3.17. The van der Waals surface area contributed by atoms with E-state index in [0.717, 1.165) is 9.61 Å². The fourth-order valence-corrected chi connectivity index (χ4v) is 1.75. The van der Waals surface area contributed by atoms with Crippen LogP contribution < -0.4 is 0 Å². The van der Waals surface area contributed by atoms with Gasteiger partial charge in [-0.05, 0) is 15.9 Å². The van der Waals surface area contributed by atoms with Gasteiger partial charge in [-0.25, -0.2) is 4.98 Å². The topological polar surface area (TPSA) is 51.8 Å². The molecule has 0 spiro atoms. The molecule has 0 bridgehead atoms. The van der Waals surface area contributed by atoms with E-state index in [0.29, 0.717) is 11.7 Å². The monoisotopic (exact) mass is 245 g/mol. The lowest BCUT2D eigenvalue weighted by molar-refractivity contribution is 0.394. The third kappa shape index (κ3) is 1.39. The van der Waals surface area contributed by atoms with Gasteiger partial charge in [0.05, 0.1) is 0 Å². The predicted molar refractivity (Wildman–Crippen MR) is 47.8 cm³/mol. The maximum atomic E-state index is 4.82. The molecule has 0 aromatic carbocycles. The minimum absolute atomic E-state index is 0.537. The number of aryl methyl sites for hydroxylation is 1. The van der Waals surface area contributed by atoms with Crippen molar-refractivity contribution in [1.82, 2.24) is 15.1 Å². The van der Waals surface area contributed by atoms with Crippen LogP contribution in [0.15, 0.2) is 13.8 Å². The molecule has 12 heavy (non-hydrogen) atoms. The molecule has 0 N–H and O–H groups in total. The lowest BCUT2D eigenvalue weighted by Gasteiger charge is -1.80. The van der Waals surface area contributed by atoms with Crippen molar-refractivity contribution in [3.63, 3.8) is 0 Å². The number of hydrogen-bond acceptors (Lipinski definition) is 5. The van der Waals surface area contributed by atoms with E-state index >= 15 is 0 Å². The highest BCUT2D eigenvalue weighted by molar-refractivity contribution is 9.11. The Kier molecular flexibility index (Phi) is 1.93. The normalized spacial score (nSPS) is 10.5.